The molecule has 0 amide bonds. The Hall–Kier alpha value is -2.47. The minimum absolute atomic E-state index is 0.0363. The van der Waals surface area contributed by atoms with E-state index in [1.807, 2.05) is 12.1 Å². The van der Waals surface area contributed by atoms with Gasteiger partial charge in [-0.1, -0.05) is 43.3 Å². The van der Waals surface area contributed by atoms with E-state index in [4.69, 9.17) is 4.74 Å². The van der Waals surface area contributed by atoms with Gasteiger partial charge in [-0.3, -0.25) is 0 Å². The second-order valence-electron chi connectivity index (χ2n) is 9.64. The van der Waals surface area contributed by atoms with Crippen LogP contribution in [0, 0.1) is 23.4 Å². The largest absolute Gasteiger partial charge is 0.374 e. The normalized spacial score (nSPS) is 26.1. The first kappa shape index (κ1) is 25.6. The van der Waals surface area contributed by atoms with Gasteiger partial charge in [-0.2, -0.15) is 0 Å². The predicted molar refractivity (Wildman–Crippen MR) is 128 cm³/mol. The van der Waals surface area contributed by atoms with Gasteiger partial charge in [-0.15, -0.1) is 0 Å². The fourth-order valence-electron chi connectivity index (χ4n) is 5.14. The Bertz CT molecular complexity index is 1040. The van der Waals surface area contributed by atoms with Gasteiger partial charge in [0.1, 0.15) is 5.83 Å². The number of hydrogen-bond donors (Lipinski definition) is 0. The maximum absolute atomic E-state index is 14.0. The van der Waals surface area contributed by atoms with E-state index in [0.29, 0.717) is 18.1 Å². The molecule has 1 heterocycles. The lowest BCUT2D eigenvalue weighted by Gasteiger charge is -2.29. The molecule has 0 spiro atoms. The van der Waals surface area contributed by atoms with Crippen molar-refractivity contribution in [3.05, 3.63) is 88.5 Å². The maximum atomic E-state index is 14.0. The fourth-order valence-corrected chi connectivity index (χ4v) is 5.14. The van der Waals surface area contributed by atoms with Crippen LogP contribution in [0.15, 0.2) is 54.4 Å². The topological polar surface area (TPSA) is 9.23 Å². The van der Waals surface area contributed by atoms with Gasteiger partial charge < -0.3 is 4.74 Å². The average Bonchev–Trinajstić information content (AvgIpc) is 2.90. The number of benzene rings is 2. The van der Waals surface area contributed by atoms with Crippen LogP contribution >= 0.6 is 0 Å². The summed E-state index contributed by atoms with van der Waals surface area (Å²) in [7, 11) is 0. The molecular weight excluding hydrogens is 459 g/mol. The Morgan fingerprint density at radius 2 is 1.46 bits per heavy atom. The van der Waals surface area contributed by atoms with E-state index in [-0.39, 0.29) is 29.9 Å². The van der Waals surface area contributed by atoms with Crippen molar-refractivity contribution in [2.24, 2.45) is 5.92 Å². The average molecular weight is 491 g/mol. The molecule has 1 aliphatic carbocycles. The lowest BCUT2D eigenvalue weighted by atomic mass is 9.78. The van der Waals surface area contributed by atoms with Crippen LogP contribution in [-0.2, 0) is 4.74 Å². The van der Waals surface area contributed by atoms with Crippen LogP contribution in [0.4, 0.5) is 22.0 Å². The number of hydrogen-bond acceptors (Lipinski definition) is 1. The molecule has 2 atom stereocenters. The summed E-state index contributed by atoms with van der Waals surface area (Å²) in [5, 5.41) is 0. The van der Waals surface area contributed by atoms with E-state index >= 15 is 0 Å². The Morgan fingerprint density at radius 1 is 0.829 bits per heavy atom. The second-order valence-corrected chi connectivity index (χ2v) is 9.64. The number of halogens is 5. The van der Waals surface area contributed by atoms with Gasteiger partial charge in [0, 0.05) is 11.5 Å². The molecule has 2 fully saturated rings. The molecule has 0 aromatic heterocycles. The first-order valence-electron chi connectivity index (χ1n) is 12.4. The van der Waals surface area contributed by atoms with Crippen molar-refractivity contribution < 1.29 is 26.7 Å². The lowest BCUT2D eigenvalue weighted by molar-refractivity contribution is 0.0323. The van der Waals surface area contributed by atoms with Crippen molar-refractivity contribution in [1.82, 2.24) is 0 Å². The van der Waals surface area contributed by atoms with E-state index in [1.165, 1.54) is 0 Å². The third-order valence-corrected chi connectivity index (χ3v) is 7.34. The Morgan fingerprint density at radius 3 is 2.03 bits per heavy atom. The summed E-state index contributed by atoms with van der Waals surface area (Å²) in [5.41, 5.74) is 1.86. The van der Waals surface area contributed by atoms with Crippen LogP contribution in [-0.4, -0.2) is 12.7 Å². The maximum Gasteiger partial charge on any atom is 0.194 e. The lowest BCUT2D eigenvalue weighted by Crippen LogP contribution is -2.23. The van der Waals surface area contributed by atoms with Crippen LogP contribution < -0.4 is 0 Å². The van der Waals surface area contributed by atoms with E-state index in [0.717, 1.165) is 56.2 Å². The molecule has 0 N–H and O–H groups in total. The molecule has 1 saturated heterocycles. The highest BCUT2D eigenvalue weighted by molar-refractivity contribution is 5.61. The number of rotatable bonds is 6. The molecule has 35 heavy (non-hydrogen) atoms. The zero-order valence-electron chi connectivity index (χ0n) is 19.9. The van der Waals surface area contributed by atoms with E-state index in [2.05, 4.69) is 12.2 Å². The monoisotopic (exact) mass is 490 g/mol. The summed E-state index contributed by atoms with van der Waals surface area (Å²) in [6.07, 6.45) is 9.66. The molecule has 1 aliphatic heterocycles. The van der Waals surface area contributed by atoms with Gasteiger partial charge in [0.15, 0.2) is 23.3 Å². The minimum Gasteiger partial charge on any atom is -0.374 e. The van der Waals surface area contributed by atoms with Gasteiger partial charge in [-0.05, 0) is 80.0 Å². The molecule has 0 bridgehead atoms. The molecule has 2 aromatic carbocycles. The van der Waals surface area contributed by atoms with Crippen molar-refractivity contribution in [3.8, 4) is 0 Å². The van der Waals surface area contributed by atoms with E-state index in [9.17, 15) is 22.0 Å². The quantitative estimate of drug-likeness (QED) is 0.223. The first-order valence-corrected chi connectivity index (χ1v) is 12.4. The molecule has 2 unspecified atom stereocenters. The molecular formula is C29H31F5O. The van der Waals surface area contributed by atoms with Gasteiger partial charge in [-0.25, -0.2) is 22.0 Å². The van der Waals surface area contributed by atoms with Gasteiger partial charge in [0.25, 0.3) is 0 Å². The molecule has 1 saturated carbocycles. The van der Waals surface area contributed by atoms with Crippen molar-refractivity contribution >= 4 is 5.83 Å². The molecule has 0 radical (unpaired) electrons. The highest BCUT2D eigenvalue weighted by Gasteiger charge is 2.25. The summed E-state index contributed by atoms with van der Waals surface area (Å²) in [4.78, 5) is 0. The Kier molecular flexibility index (Phi) is 8.42. The summed E-state index contributed by atoms with van der Waals surface area (Å²) in [5.74, 6) is -4.53. The second kappa shape index (κ2) is 11.5. The Balaban J connectivity index is 1.24. The predicted octanol–water partition coefficient (Wildman–Crippen LogP) is 8.91. The summed E-state index contributed by atoms with van der Waals surface area (Å²) in [6, 6.07) is 9.18. The highest BCUT2D eigenvalue weighted by atomic mass is 19.2. The smallest absolute Gasteiger partial charge is 0.194 e. The first-order chi connectivity index (χ1) is 16.9. The molecule has 6 heteroatoms. The third kappa shape index (κ3) is 6.21. The zero-order valence-corrected chi connectivity index (χ0v) is 19.9. The standard InChI is InChI=1S/C29H31F5O/c1-2-25(30)28(33)21-10-8-19(9-11-21)22-12-14-24(35-17-22)13-5-18-3-6-20(7-4-18)23-15-26(31)29(34)27(32)16-23/h5,8-11,13,15-16,18,20,22,24H,2-4,6-7,12,14,17H2,1H3. The van der Waals surface area contributed by atoms with Crippen LogP contribution in [0.5, 0.6) is 0 Å². The molecule has 2 aromatic rings. The third-order valence-electron chi connectivity index (χ3n) is 7.34. The molecule has 4 rings (SSSR count). The van der Waals surface area contributed by atoms with Crippen LogP contribution in [0.3, 0.4) is 0 Å². The summed E-state index contributed by atoms with van der Waals surface area (Å²) in [6.45, 7) is 2.15. The molecule has 1 nitrogen and oxygen atoms in total. The van der Waals surface area contributed by atoms with Crippen LogP contribution in [0.25, 0.3) is 5.83 Å². The molecule has 188 valence electrons. The number of allylic oxidation sites excluding steroid dienone is 2. The van der Waals surface area contributed by atoms with E-state index in [1.54, 1.807) is 19.1 Å². The number of ether oxygens (including phenoxy) is 1. The van der Waals surface area contributed by atoms with Crippen LogP contribution in [0.1, 0.15) is 80.4 Å². The SMILES string of the molecule is CCC(F)=C(F)c1ccc(C2CCC(C=CC3CCC(c4cc(F)c(F)c(F)c4)CC3)OC2)cc1. The fraction of sp³-hybridized carbons (Fsp3) is 0.448. The summed E-state index contributed by atoms with van der Waals surface area (Å²) < 4.78 is 73.9. The van der Waals surface area contributed by atoms with Crippen LogP contribution in [0.2, 0.25) is 0 Å². The van der Waals surface area contributed by atoms with Gasteiger partial charge in [0.2, 0.25) is 0 Å². The van der Waals surface area contributed by atoms with Crippen molar-refractivity contribution in [1.29, 1.82) is 0 Å². The van der Waals surface area contributed by atoms with E-state index < -0.39 is 29.1 Å². The summed E-state index contributed by atoms with van der Waals surface area (Å²) >= 11 is 0. The Labute approximate surface area is 203 Å². The van der Waals surface area contributed by atoms with Crippen molar-refractivity contribution in [2.45, 2.75) is 69.8 Å². The van der Waals surface area contributed by atoms with Gasteiger partial charge >= 0.3 is 0 Å². The van der Waals surface area contributed by atoms with Crippen molar-refractivity contribution in [2.75, 3.05) is 6.61 Å². The zero-order chi connectivity index (χ0) is 24.9. The van der Waals surface area contributed by atoms with Crippen molar-refractivity contribution in [3.63, 3.8) is 0 Å². The minimum atomic E-state index is -1.41. The highest BCUT2D eigenvalue weighted by Crippen LogP contribution is 2.38. The van der Waals surface area contributed by atoms with Gasteiger partial charge in [0.05, 0.1) is 12.7 Å². The molecule has 2 aliphatic rings.